The summed E-state index contributed by atoms with van der Waals surface area (Å²) in [5.41, 5.74) is 0.882. The summed E-state index contributed by atoms with van der Waals surface area (Å²) in [6, 6.07) is 7.91. The van der Waals surface area contributed by atoms with Gasteiger partial charge in [0, 0.05) is 18.3 Å². The Balaban J connectivity index is 2.14. The number of aromatic nitrogens is 1. The van der Waals surface area contributed by atoms with Crippen molar-refractivity contribution in [3.63, 3.8) is 0 Å². The number of amides is 2. The Morgan fingerprint density at radius 1 is 1.17 bits per heavy atom. The minimum absolute atomic E-state index is 0.181. The summed E-state index contributed by atoms with van der Waals surface area (Å²) in [5.74, 6) is -0.399. The van der Waals surface area contributed by atoms with Crippen molar-refractivity contribution in [3.05, 3.63) is 57.8 Å². The number of anilines is 1. The van der Waals surface area contributed by atoms with Gasteiger partial charge in [-0.05, 0) is 30.2 Å². The molecule has 24 heavy (non-hydrogen) atoms. The molecule has 1 heterocycles. The molecule has 0 aliphatic rings. The van der Waals surface area contributed by atoms with Crippen LogP contribution < -0.4 is 10.6 Å². The molecule has 2 amide bonds. The Morgan fingerprint density at radius 2 is 1.92 bits per heavy atom. The van der Waals surface area contributed by atoms with Crippen LogP contribution in [0.5, 0.6) is 0 Å². The van der Waals surface area contributed by atoms with E-state index in [1.165, 1.54) is 18.3 Å². The molecular weight excluding hydrogens is 349 g/mol. The number of nitrogens with zero attached hydrogens (tertiary/aromatic N) is 1. The van der Waals surface area contributed by atoms with E-state index in [9.17, 15) is 9.59 Å². The van der Waals surface area contributed by atoms with Gasteiger partial charge in [0.2, 0.25) is 0 Å². The lowest BCUT2D eigenvalue weighted by molar-refractivity contribution is 0.0944. The molecular formula is C17H17Cl2N3O2. The molecule has 0 fully saturated rings. The molecule has 1 aromatic heterocycles. The first-order chi connectivity index (χ1) is 11.4. The highest BCUT2D eigenvalue weighted by Gasteiger charge is 2.14. The Bertz CT molecular complexity index is 763. The molecule has 1 aromatic carbocycles. The average Bonchev–Trinajstić information content (AvgIpc) is 2.56. The molecule has 0 unspecified atom stereocenters. The minimum Gasteiger partial charge on any atom is -0.350 e. The van der Waals surface area contributed by atoms with Crippen LogP contribution in [0.25, 0.3) is 0 Å². The number of hydrogen-bond donors (Lipinski definition) is 2. The molecule has 0 saturated carbocycles. The maximum Gasteiger partial charge on any atom is 0.269 e. The molecule has 0 aliphatic carbocycles. The zero-order valence-corrected chi connectivity index (χ0v) is 14.8. The van der Waals surface area contributed by atoms with Crippen LogP contribution in [0.2, 0.25) is 10.0 Å². The summed E-state index contributed by atoms with van der Waals surface area (Å²) in [6.07, 6.45) is 1.42. The summed E-state index contributed by atoms with van der Waals surface area (Å²) in [4.78, 5) is 28.4. The van der Waals surface area contributed by atoms with Crippen molar-refractivity contribution in [2.75, 3.05) is 11.9 Å². The van der Waals surface area contributed by atoms with Crippen molar-refractivity contribution in [3.8, 4) is 0 Å². The van der Waals surface area contributed by atoms with Crippen LogP contribution >= 0.6 is 23.2 Å². The summed E-state index contributed by atoms with van der Waals surface area (Å²) in [5, 5.41) is 6.03. The SMILES string of the molecule is CC(C)CNC(=O)c1cc(C(=O)Nc2cccc(Cl)c2Cl)ccn1. The summed E-state index contributed by atoms with van der Waals surface area (Å²) < 4.78 is 0. The number of nitrogens with one attached hydrogen (secondary N) is 2. The first-order valence-corrected chi connectivity index (χ1v) is 8.13. The minimum atomic E-state index is -0.403. The van der Waals surface area contributed by atoms with Crippen molar-refractivity contribution in [2.45, 2.75) is 13.8 Å². The maximum atomic E-state index is 12.3. The zero-order chi connectivity index (χ0) is 17.7. The van der Waals surface area contributed by atoms with Crippen molar-refractivity contribution >= 4 is 40.7 Å². The molecule has 7 heteroatoms. The van der Waals surface area contributed by atoms with Crippen molar-refractivity contribution in [1.82, 2.24) is 10.3 Å². The number of benzene rings is 1. The molecule has 5 nitrogen and oxygen atoms in total. The Morgan fingerprint density at radius 3 is 2.62 bits per heavy atom. The lowest BCUT2D eigenvalue weighted by atomic mass is 10.2. The van der Waals surface area contributed by atoms with Crippen LogP contribution in [-0.2, 0) is 0 Å². The third kappa shape index (κ3) is 4.69. The van der Waals surface area contributed by atoms with Gasteiger partial charge in [-0.1, -0.05) is 43.1 Å². The van der Waals surface area contributed by atoms with Crippen LogP contribution in [0.3, 0.4) is 0 Å². The van der Waals surface area contributed by atoms with E-state index in [-0.39, 0.29) is 16.6 Å². The highest BCUT2D eigenvalue weighted by Crippen LogP contribution is 2.29. The van der Waals surface area contributed by atoms with Crippen molar-refractivity contribution < 1.29 is 9.59 Å². The first kappa shape index (κ1) is 18.2. The number of halogens is 2. The summed E-state index contributed by atoms with van der Waals surface area (Å²) in [7, 11) is 0. The van der Waals surface area contributed by atoms with E-state index in [1.54, 1.807) is 18.2 Å². The first-order valence-electron chi connectivity index (χ1n) is 7.38. The van der Waals surface area contributed by atoms with Gasteiger partial charge in [-0.3, -0.25) is 14.6 Å². The fraction of sp³-hybridized carbons (Fsp3) is 0.235. The highest BCUT2D eigenvalue weighted by molar-refractivity contribution is 6.44. The molecule has 2 rings (SSSR count). The van der Waals surface area contributed by atoms with E-state index in [0.717, 1.165) is 0 Å². The molecule has 0 atom stereocenters. The monoisotopic (exact) mass is 365 g/mol. The summed E-state index contributed by atoms with van der Waals surface area (Å²) in [6.45, 7) is 4.52. The van der Waals surface area contributed by atoms with Gasteiger partial charge in [-0.15, -0.1) is 0 Å². The number of rotatable bonds is 5. The largest absolute Gasteiger partial charge is 0.350 e. The summed E-state index contributed by atoms with van der Waals surface area (Å²) >= 11 is 12.0. The molecule has 0 radical (unpaired) electrons. The number of pyridine rings is 1. The van der Waals surface area contributed by atoms with E-state index in [1.807, 2.05) is 13.8 Å². The van der Waals surface area contributed by atoms with Gasteiger partial charge >= 0.3 is 0 Å². The van der Waals surface area contributed by atoms with E-state index in [0.29, 0.717) is 28.7 Å². The molecule has 0 aliphatic heterocycles. The second-order valence-corrected chi connectivity index (χ2v) is 6.37. The van der Waals surface area contributed by atoms with Crippen molar-refractivity contribution in [1.29, 1.82) is 0 Å². The molecule has 2 N–H and O–H groups in total. The van der Waals surface area contributed by atoms with Crippen LogP contribution in [0, 0.1) is 5.92 Å². The topological polar surface area (TPSA) is 71.1 Å². The third-order valence-electron chi connectivity index (χ3n) is 3.13. The Labute approximate surface area is 150 Å². The standard InChI is InChI=1S/C17H17Cl2N3O2/c1-10(2)9-21-17(24)14-8-11(6-7-20-14)16(23)22-13-5-3-4-12(18)15(13)19/h3-8,10H,9H2,1-2H3,(H,21,24)(H,22,23). The molecule has 0 bridgehead atoms. The predicted molar refractivity (Wildman–Crippen MR) is 95.8 cm³/mol. The fourth-order valence-corrected chi connectivity index (χ4v) is 2.23. The van der Waals surface area contributed by atoms with E-state index in [4.69, 9.17) is 23.2 Å². The maximum absolute atomic E-state index is 12.3. The normalized spacial score (nSPS) is 10.5. The Hall–Kier alpha value is -2.11. The molecule has 2 aromatic rings. The second kappa shape index (κ2) is 8.13. The second-order valence-electron chi connectivity index (χ2n) is 5.59. The smallest absolute Gasteiger partial charge is 0.269 e. The van der Waals surface area contributed by atoms with Crippen LogP contribution in [0.1, 0.15) is 34.7 Å². The molecule has 0 spiro atoms. The van der Waals surface area contributed by atoms with E-state index >= 15 is 0 Å². The van der Waals surface area contributed by atoms with E-state index in [2.05, 4.69) is 15.6 Å². The third-order valence-corrected chi connectivity index (χ3v) is 3.94. The average molecular weight is 366 g/mol. The number of carbonyl (C=O) groups is 2. The zero-order valence-electron chi connectivity index (χ0n) is 13.3. The predicted octanol–water partition coefficient (Wildman–Crippen LogP) is 4.03. The van der Waals surface area contributed by atoms with Gasteiger partial charge in [-0.2, -0.15) is 0 Å². The lowest BCUT2D eigenvalue weighted by Gasteiger charge is -2.10. The van der Waals surface area contributed by atoms with Gasteiger partial charge in [0.25, 0.3) is 11.8 Å². The van der Waals surface area contributed by atoms with Gasteiger partial charge in [0.05, 0.1) is 15.7 Å². The number of carbonyl (C=O) groups excluding carboxylic acids is 2. The van der Waals surface area contributed by atoms with Gasteiger partial charge in [0.15, 0.2) is 0 Å². The van der Waals surface area contributed by atoms with E-state index < -0.39 is 5.91 Å². The van der Waals surface area contributed by atoms with Crippen molar-refractivity contribution in [2.24, 2.45) is 5.92 Å². The lowest BCUT2D eigenvalue weighted by Crippen LogP contribution is -2.28. The van der Waals surface area contributed by atoms with Crippen LogP contribution in [0.4, 0.5) is 5.69 Å². The van der Waals surface area contributed by atoms with Gasteiger partial charge in [-0.25, -0.2) is 0 Å². The van der Waals surface area contributed by atoms with Gasteiger partial charge < -0.3 is 10.6 Å². The van der Waals surface area contributed by atoms with Crippen LogP contribution in [0.15, 0.2) is 36.5 Å². The Kier molecular flexibility index (Phi) is 6.17. The van der Waals surface area contributed by atoms with Gasteiger partial charge in [0.1, 0.15) is 5.69 Å². The molecule has 0 saturated heterocycles. The molecule has 126 valence electrons. The number of hydrogen-bond acceptors (Lipinski definition) is 3. The highest BCUT2D eigenvalue weighted by atomic mass is 35.5. The quantitative estimate of drug-likeness (QED) is 0.840. The fourth-order valence-electron chi connectivity index (χ4n) is 1.88. The van der Waals surface area contributed by atoms with Crippen LogP contribution in [-0.4, -0.2) is 23.3 Å².